The van der Waals surface area contributed by atoms with E-state index >= 15 is 0 Å². The van der Waals surface area contributed by atoms with E-state index in [4.69, 9.17) is 4.98 Å². The number of rotatable bonds is 4. The summed E-state index contributed by atoms with van der Waals surface area (Å²) in [6.07, 6.45) is 1.17. The van der Waals surface area contributed by atoms with Crippen LogP contribution in [0.3, 0.4) is 0 Å². The highest BCUT2D eigenvalue weighted by Gasteiger charge is 2.21. The van der Waals surface area contributed by atoms with Gasteiger partial charge in [-0.3, -0.25) is 4.90 Å². The summed E-state index contributed by atoms with van der Waals surface area (Å²) in [5, 5.41) is 6.91. The van der Waals surface area contributed by atoms with Gasteiger partial charge < -0.3 is 5.32 Å². The van der Waals surface area contributed by atoms with Gasteiger partial charge in [0, 0.05) is 31.6 Å². The molecule has 1 fully saturated rings. The number of nitrogens with one attached hydrogen (secondary N) is 1. The summed E-state index contributed by atoms with van der Waals surface area (Å²) in [5.41, 5.74) is 1.27. The molecule has 0 saturated carbocycles. The van der Waals surface area contributed by atoms with E-state index in [1.165, 1.54) is 17.1 Å². The van der Waals surface area contributed by atoms with E-state index in [1.54, 1.807) is 0 Å². The second-order valence-electron chi connectivity index (χ2n) is 4.88. The van der Waals surface area contributed by atoms with Crippen LogP contribution >= 0.6 is 11.3 Å². The predicted molar refractivity (Wildman–Crippen MR) is 73.7 cm³/mol. The van der Waals surface area contributed by atoms with Gasteiger partial charge in [-0.15, -0.1) is 11.3 Å². The smallest absolute Gasteiger partial charge is 0.110 e. The van der Waals surface area contributed by atoms with Crippen LogP contribution in [-0.2, 0) is 0 Å². The normalized spacial score (nSPS) is 21.4. The molecule has 2 unspecified atom stereocenters. The lowest BCUT2D eigenvalue weighted by Gasteiger charge is -2.31. The van der Waals surface area contributed by atoms with Crippen molar-refractivity contribution in [1.82, 2.24) is 15.2 Å². The molecule has 0 amide bonds. The molecular weight excluding hydrogens is 230 g/mol. The third-order valence-corrected chi connectivity index (χ3v) is 4.75. The molecule has 2 heterocycles. The van der Waals surface area contributed by atoms with Gasteiger partial charge in [0.1, 0.15) is 5.01 Å². The Morgan fingerprint density at radius 1 is 1.41 bits per heavy atom. The minimum Gasteiger partial charge on any atom is -0.314 e. The van der Waals surface area contributed by atoms with Crippen LogP contribution in [0.25, 0.3) is 0 Å². The first-order valence-corrected chi connectivity index (χ1v) is 7.50. The van der Waals surface area contributed by atoms with E-state index in [1.807, 2.05) is 11.3 Å². The third-order valence-electron chi connectivity index (χ3n) is 3.71. The second kappa shape index (κ2) is 5.94. The minimum absolute atomic E-state index is 0.472. The molecule has 1 aromatic rings. The summed E-state index contributed by atoms with van der Waals surface area (Å²) in [4.78, 5) is 7.34. The van der Waals surface area contributed by atoms with Crippen LogP contribution in [-0.4, -0.2) is 36.1 Å². The summed E-state index contributed by atoms with van der Waals surface area (Å²) in [6, 6.07) is 0.472. The van der Waals surface area contributed by atoms with Crippen molar-refractivity contribution in [2.24, 2.45) is 0 Å². The molecule has 96 valence electrons. The highest BCUT2D eigenvalue weighted by molar-refractivity contribution is 7.09. The van der Waals surface area contributed by atoms with Gasteiger partial charge in [0.25, 0.3) is 0 Å². The van der Waals surface area contributed by atoms with Crippen molar-refractivity contribution in [1.29, 1.82) is 0 Å². The van der Waals surface area contributed by atoms with Crippen molar-refractivity contribution in [3.05, 3.63) is 16.1 Å². The fourth-order valence-electron chi connectivity index (χ4n) is 2.15. The van der Waals surface area contributed by atoms with E-state index in [0.29, 0.717) is 12.0 Å². The summed E-state index contributed by atoms with van der Waals surface area (Å²) >= 11 is 1.82. The topological polar surface area (TPSA) is 28.2 Å². The lowest BCUT2D eigenvalue weighted by molar-refractivity contribution is 0.185. The lowest BCUT2D eigenvalue weighted by atomic mass is 10.1. The Hall–Kier alpha value is -0.450. The molecule has 0 spiro atoms. The summed E-state index contributed by atoms with van der Waals surface area (Å²) in [6.45, 7) is 11.3. The quantitative estimate of drug-likeness (QED) is 0.894. The summed E-state index contributed by atoms with van der Waals surface area (Å²) in [5.74, 6) is 0.593. The first-order chi connectivity index (χ1) is 8.22. The van der Waals surface area contributed by atoms with Crippen LogP contribution in [0.15, 0.2) is 5.38 Å². The molecule has 1 aromatic heterocycles. The van der Waals surface area contributed by atoms with E-state index in [0.717, 1.165) is 26.2 Å². The third kappa shape index (κ3) is 3.06. The predicted octanol–water partition coefficient (Wildman–Crippen LogP) is 2.62. The maximum Gasteiger partial charge on any atom is 0.110 e. The molecule has 3 nitrogen and oxygen atoms in total. The lowest BCUT2D eigenvalue weighted by Crippen LogP contribution is -2.44. The molecule has 2 rings (SSSR count). The van der Waals surface area contributed by atoms with Crippen molar-refractivity contribution in [3.63, 3.8) is 0 Å². The molecule has 0 radical (unpaired) electrons. The Bertz CT molecular complexity index is 344. The largest absolute Gasteiger partial charge is 0.314 e. The summed E-state index contributed by atoms with van der Waals surface area (Å²) in [7, 11) is 0. The van der Waals surface area contributed by atoms with Gasteiger partial charge in [-0.05, 0) is 19.3 Å². The molecule has 1 aliphatic rings. The number of nitrogens with zero attached hydrogens (tertiary/aromatic N) is 2. The fraction of sp³-hybridized carbons (Fsp3) is 0.769. The van der Waals surface area contributed by atoms with Crippen molar-refractivity contribution in [3.8, 4) is 0 Å². The molecule has 0 aliphatic carbocycles. The molecule has 0 aromatic carbocycles. The standard InChI is InChI=1S/C13H23N3S/c1-4-10(2)12-9-17-13(15-12)11(3)16-7-5-14-6-8-16/h9-11,14H,4-8H2,1-3H3. The van der Waals surface area contributed by atoms with Crippen molar-refractivity contribution < 1.29 is 0 Å². The van der Waals surface area contributed by atoms with Crippen LogP contribution < -0.4 is 5.32 Å². The van der Waals surface area contributed by atoms with E-state index in [9.17, 15) is 0 Å². The van der Waals surface area contributed by atoms with Gasteiger partial charge in [-0.2, -0.15) is 0 Å². The second-order valence-corrected chi connectivity index (χ2v) is 5.77. The first-order valence-electron chi connectivity index (χ1n) is 6.62. The van der Waals surface area contributed by atoms with Crippen LogP contribution in [0.2, 0.25) is 0 Å². The minimum atomic E-state index is 0.472. The van der Waals surface area contributed by atoms with Crippen molar-refractivity contribution in [2.45, 2.75) is 39.2 Å². The highest BCUT2D eigenvalue weighted by Crippen LogP contribution is 2.27. The molecule has 1 aliphatic heterocycles. The fourth-order valence-corrected chi connectivity index (χ4v) is 3.18. The molecule has 4 heteroatoms. The molecular formula is C13H23N3S. The van der Waals surface area contributed by atoms with E-state index in [2.05, 4.69) is 36.4 Å². The van der Waals surface area contributed by atoms with Crippen LogP contribution in [0.5, 0.6) is 0 Å². The molecule has 17 heavy (non-hydrogen) atoms. The van der Waals surface area contributed by atoms with Gasteiger partial charge in [0.05, 0.1) is 11.7 Å². The number of hydrogen-bond acceptors (Lipinski definition) is 4. The van der Waals surface area contributed by atoms with Crippen molar-refractivity contribution >= 4 is 11.3 Å². The van der Waals surface area contributed by atoms with Crippen molar-refractivity contribution in [2.75, 3.05) is 26.2 Å². The average molecular weight is 253 g/mol. The Labute approximate surface area is 108 Å². The average Bonchev–Trinajstić information content (AvgIpc) is 2.87. The zero-order chi connectivity index (χ0) is 12.3. The van der Waals surface area contributed by atoms with Gasteiger partial charge in [0.2, 0.25) is 0 Å². The molecule has 0 bridgehead atoms. The van der Waals surface area contributed by atoms with Gasteiger partial charge >= 0.3 is 0 Å². The number of thiazole rings is 1. The Morgan fingerprint density at radius 3 is 2.76 bits per heavy atom. The molecule has 1 N–H and O–H groups in total. The Balaban J connectivity index is 2.03. The van der Waals surface area contributed by atoms with Gasteiger partial charge in [-0.25, -0.2) is 4.98 Å². The van der Waals surface area contributed by atoms with E-state index < -0.39 is 0 Å². The van der Waals surface area contributed by atoms with Crippen LogP contribution in [0.4, 0.5) is 0 Å². The highest BCUT2D eigenvalue weighted by atomic mass is 32.1. The summed E-state index contributed by atoms with van der Waals surface area (Å²) < 4.78 is 0. The monoisotopic (exact) mass is 253 g/mol. The van der Waals surface area contributed by atoms with Gasteiger partial charge in [0.15, 0.2) is 0 Å². The van der Waals surface area contributed by atoms with E-state index in [-0.39, 0.29) is 0 Å². The van der Waals surface area contributed by atoms with Crippen LogP contribution in [0, 0.1) is 0 Å². The molecule has 1 saturated heterocycles. The maximum atomic E-state index is 4.81. The number of piperazine rings is 1. The zero-order valence-electron chi connectivity index (χ0n) is 11.1. The Morgan fingerprint density at radius 2 is 2.12 bits per heavy atom. The zero-order valence-corrected chi connectivity index (χ0v) is 11.9. The molecule has 2 atom stereocenters. The maximum absolute atomic E-state index is 4.81. The van der Waals surface area contributed by atoms with Gasteiger partial charge in [-0.1, -0.05) is 13.8 Å². The SMILES string of the molecule is CCC(C)c1csc(C(C)N2CCNCC2)n1. The number of aromatic nitrogens is 1. The first kappa shape index (κ1) is 13.0. The van der Waals surface area contributed by atoms with Crippen LogP contribution in [0.1, 0.15) is 49.9 Å². The number of hydrogen-bond donors (Lipinski definition) is 1. The Kier molecular flexibility index (Phi) is 4.54.